The fraction of sp³-hybridized carbons (Fsp3) is 0.652. The molecule has 1 aliphatic heterocycles. The molecule has 1 aromatic heterocycles. The van der Waals surface area contributed by atoms with Crippen molar-refractivity contribution < 1.29 is 22.4 Å². The molecule has 32 heavy (non-hydrogen) atoms. The Bertz CT molecular complexity index is 808. The first-order valence-electron chi connectivity index (χ1n) is 11.4. The Labute approximate surface area is 193 Å². The Hall–Kier alpha value is -1.80. The largest absolute Gasteiger partial charge is 0.493 e. The molecule has 0 spiro atoms. The predicted molar refractivity (Wildman–Crippen MR) is 120 cm³/mol. The molecule has 2 aromatic rings. The third-order valence-corrected chi connectivity index (χ3v) is 5.64. The highest BCUT2D eigenvalue weighted by Crippen LogP contribution is 2.38. The molecule has 1 fully saturated rings. The summed E-state index contributed by atoms with van der Waals surface area (Å²) in [5.74, 6) is 0.587. The van der Waals surface area contributed by atoms with Crippen LogP contribution in [0.25, 0.3) is 11.4 Å². The number of benzene rings is 1. The fourth-order valence-corrected chi connectivity index (χ4v) is 3.84. The van der Waals surface area contributed by atoms with Crippen LogP contribution in [0.2, 0.25) is 0 Å². The number of ether oxygens (including phenoxy) is 1. The Kier molecular flexibility index (Phi) is 10.8. The SMILES string of the molecule is CCCCCCCCCOc1ccc(-c2noc([C@@H]3CCCNC3)n2)cc1C(F)(F)F.Cl. The predicted octanol–water partition coefficient (Wildman–Crippen LogP) is 6.77. The van der Waals surface area contributed by atoms with E-state index in [1.54, 1.807) is 6.07 Å². The van der Waals surface area contributed by atoms with Gasteiger partial charge in [-0.05, 0) is 44.0 Å². The number of rotatable bonds is 11. The van der Waals surface area contributed by atoms with E-state index in [0.29, 0.717) is 5.89 Å². The van der Waals surface area contributed by atoms with Crippen LogP contribution in [0, 0.1) is 0 Å². The maximum absolute atomic E-state index is 13.6. The van der Waals surface area contributed by atoms with E-state index in [0.717, 1.165) is 51.3 Å². The Morgan fingerprint density at radius 1 is 1.12 bits per heavy atom. The zero-order valence-corrected chi connectivity index (χ0v) is 19.4. The molecule has 1 aliphatic rings. The molecule has 180 valence electrons. The van der Waals surface area contributed by atoms with Crippen molar-refractivity contribution in [3.63, 3.8) is 0 Å². The number of alkyl halides is 3. The maximum atomic E-state index is 13.6. The van der Waals surface area contributed by atoms with Crippen molar-refractivity contribution in [2.45, 2.75) is 76.8 Å². The molecular weight excluding hydrogens is 443 g/mol. The molecule has 1 saturated heterocycles. The summed E-state index contributed by atoms with van der Waals surface area (Å²) in [7, 11) is 0. The highest BCUT2D eigenvalue weighted by molar-refractivity contribution is 5.85. The third kappa shape index (κ3) is 7.66. The molecule has 0 amide bonds. The van der Waals surface area contributed by atoms with Gasteiger partial charge in [0.15, 0.2) is 0 Å². The number of aromatic nitrogens is 2. The Balaban J connectivity index is 0.00000363. The molecule has 0 saturated carbocycles. The van der Waals surface area contributed by atoms with E-state index in [1.165, 1.54) is 31.7 Å². The van der Waals surface area contributed by atoms with Crippen molar-refractivity contribution in [1.29, 1.82) is 0 Å². The van der Waals surface area contributed by atoms with Crippen LogP contribution in [0.1, 0.15) is 82.1 Å². The summed E-state index contributed by atoms with van der Waals surface area (Å²) in [4.78, 5) is 4.35. The Morgan fingerprint density at radius 3 is 2.56 bits per heavy atom. The lowest BCUT2D eigenvalue weighted by Crippen LogP contribution is -2.28. The second-order valence-corrected chi connectivity index (χ2v) is 8.18. The van der Waals surface area contributed by atoms with Crippen LogP contribution in [-0.2, 0) is 6.18 Å². The summed E-state index contributed by atoms with van der Waals surface area (Å²) in [6.07, 6.45) is 5.01. The summed E-state index contributed by atoms with van der Waals surface area (Å²) in [6.45, 7) is 4.13. The monoisotopic (exact) mass is 475 g/mol. The molecule has 3 rings (SSSR count). The first-order chi connectivity index (χ1) is 15.0. The van der Waals surface area contributed by atoms with Crippen molar-refractivity contribution in [3.8, 4) is 17.1 Å². The molecular formula is C23H33ClF3N3O2. The average Bonchev–Trinajstić information content (AvgIpc) is 3.26. The average molecular weight is 476 g/mol. The van der Waals surface area contributed by atoms with E-state index >= 15 is 0 Å². The number of halogens is 4. The van der Waals surface area contributed by atoms with E-state index in [-0.39, 0.29) is 42.1 Å². The van der Waals surface area contributed by atoms with Crippen LogP contribution in [0.15, 0.2) is 22.7 Å². The zero-order valence-electron chi connectivity index (χ0n) is 18.5. The van der Waals surface area contributed by atoms with Gasteiger partial charge in [-0.15, -0.1) is 12.4 Å². The lowest BCUT2D eigenvalue weighted by Gasteiger charge is -2.18. The smallest absolute Gasteiger partial charge is 0.419 e. The van der Waals surface area contributed by atoms with Crippen molar-refractivity contribution in [2.24, 2.45) is 0 Å². The van der Waals surface area contributed by atoms with Crippen LogP contribution in [-0.4, -0.2) is 29.8 Å². The minimum Gasteiger partial charge on any atom is -0.493 e. The molecule has 9 heteroatoms. The van der Waals surface area contributed by atoms with E-state index in [1.807, 2.05) is 0 Å². The molecule has 1 atom stereocenters. The van der Waals surface area contributed by atoms with E-state index < -0.39 is 11.7 Å². The molecule has 0 radical (unpaired) electrons. The van der Waals surface area contributed by atoms with Gasteiger partial charge in [0.1, 0.15) is 5.75 Å². The number of nitrogens with one attached hydrogen (secondary N) is 1. The zero-order chi connectivity index (χ0) is 22.1. The molecule has 0 unspecified atom stereocenters. The van der Waals surface area contributed by atoms with E-state index in [4.69, 9.17) is 9.26 Å². The van der Waals surface area contributed by atoms with Gasteiger partial charge in [-0.2, -0.15) is 18.2 Å². The van der Waals surface area contributed by atoms with Gasteiger partial charge in [0.25, 0.3) is 0 Å². The number of hydrogen-bond acceptors (Lipinski definition) is 5. The van der Waals surface area contributed by atoms with Gasteiger partial charge in [0.05, 0.1) is 18.1 Å². The Morgan fingerprint density at radius 2 is 1.88 bits per heavy atom. The standard InChI is InChI=1S/C23H32F3N3O2.ClH/c1-2-3-4-5-6-7-8-14-30-20-12-11-17(15-19(20)23(24,25)26)21-28-22(31-29-21)18-10-9-13-27-16-18;/h11-12,15,18,27H,2-10,13-14,16H2,1H3;1H/t18-;/m1./s1. The van der Waals surface area contributed by atoms with Gasteiger partial charge in [0.2, 0.25) is 11.7 Å². The highest BCUT2D eigenvalue weighted by Gasteiger charge is 2.35. The van der Waals surface area contributed by atoms with E-state index in [2.05, 4.69) is 22.4 Å². The number of hydrogen-bond donors (Lipinski definition) is 1. The van der Waals surface area contributed by atoms with Gasteiger partial charge in [-0.1, -0.05) is 50.6 Å². The van der Waals surface area contributed by atoms with Crippen LogP contribution in [0.5, 0.6) is 5.75 Å². The van der Waals surface area contributed by atoms with Crippen LogP contribution < -0.4 is 10.1 Å². The van der Waals surface area contributed by atoms with Crippen molar-refractivity contribution in [1.82, 2.24) is 15.5 Å². The highest BCUT2D eigenvalue weighted by atomic mass is 35.5. The van der Waals surface area contributed by atoms with Gasteiger partial charge in [-0.25, -0.2) is 0 Å². The maximum Gasteiger partial charge on any atom is 0.419 e. The van der Waals surface area contributed by atoms with Gasteiger partial charge in [0, 0.05) is 12.1 Å². The third-order valence-electron chi connectivity index (χ3n) is 5.64. The number of piperidine rings is 1. The van der Waals surface area contributed by atoms with Gasteiger partial charge >= 0.3 is 6.18 Å². The topological polar surface area (TPSA) is 60.2 Å². The quantitative estimate of drug-likeness (QED) is 0.363. The van der Waals surface area contributed by atoms with Crippen LogP contribution in [0.4, 0.5) is 13.2 Å². The van der Waals surface area contributed by atoms with Crippen LogP contribution >= 0.6 is 12.4 Å². The lowest BCUT2D eigenvalue weighted by molar-refractivity contribution is -0.138. The van der Waals surface area contributed by atoms with Crippen LogP contribution in [0.3, 0.4) is 0 Å². The fourth-order valence-electron chi connectivity index (χ4n) is 3.84. The van der Waals surface area contributed by atoms with Crippen molar-refractivity contribution >= 4 is 12.4 Å². The second-order valence-electron chi connectivity index (χ2n) is 8.18. The second kappa shape index (κ2) is 13.0. The summed E-state index contributed by atoms with van der Waals surface area (Å²) >= 11 is 0. The number of nitrogens with zero attached hydrogens (tertiary/aromatic N) is 2. The number of unbranched alkanes of at least 4 members (excludes halogenated alkanes) is 6. The van der Waals surface area contributed by atoms with Gasteiger partial charge < -0.3 is 14.6 Å². The first-order valence-corrected chi connectivity index (χ1v) is 11.4. The summed E-state index contributed by atoms with van der Waals surface area (Å²) < 4.78 is 51.7. The normalized spacial score (nSPS) is 16.6. The summed E-state index contributed by atoms with van der Waals surface area (Å²) in [5.41, 5.74) is -0.534. The molecule has 0 bridgehead atoms. The van der Waals surface area contributed by atoms with Crippen molar-refractivity contribution in [2.75, 3.05) is 19.7 Å². The minimum absolute atomic E-state index is 0. The molecule has 5 nitrogen and oxygen atoms in total. The first kappa shape index (κ1) is 26.5. The summed E-state index contributed by atoms with van der Waals surface area (Å²) in [5, 5.41) is 7.18. The van der Waals surface area contributed by atoms with Gasteiger partial charge in [-0.3, -0.25) is 0 Å². The summed E-state index contributed by atoms with van der Waals surface area (Å²) in [6, 6.07) is 3.97. The minimum atomic E-state index is -4.52. The molecule has 0 aliphatic carbocycles. The van der Waals surface area contributed by atoms with E-state index in [9.17, 15) is 13.2 Å². The molecule has 1 aromatic carbocycles. The van der Waals surface area contributed by atoms with Crippen molar-refractivity contribution in [3.05, 3.63) is 29.7 Å². The molecule has 1 N–H and O–H groups in total. The lowest BCUT2D eigenvalue weighted by atomic mass is 10.00. The molecule has 2 heterocycles.